The number of allylic oxidation sites excluding steroid dienone is 4. The summed E-state index contributed by atoms with van der Waals surface area (Å²) in [5.41, 5.74) is 1.12. The number of rotatable bonds is 8. The Morgan fingerprint density at radius 1 is 1.19 bits per heavy atom. The standard InChI is InChI=1S/C24H40O2/c1-11-24(19(8)26-18(6)7)13-12-23(9,10)15-20(24)22(17(4)5)21(25)14-16(2)3/h14,17,20,22H,6,8,11-13,15H2,1-5,7,9-10H3. The van der Waals surface area contributed by atoms with E-state index < -0.39 is 0 Å². The fraction of sp³-hybridized carbons (Fsp3) is 0.708. The van der Waals surface area contributed by atoms with E-state index in [-0.39, 0.29) is 34.4 Å². The maximum absolute atomic E-state index is 13.2. The summed E-state index contributed by atoms with van der Waals surface area (Å²) in [5.74, 6) is 2.21. The summed E-state index contributed by atoms with van der Waals surface area (Å²) < 4.78 is 5.96. The van der Waals surface area contributed by atoms with E-state index in [1.165, 1.54) is 0 Å². The first-order valence-electron chi connectivity index (χ1n) is 10.1. The molecule has 0 N–H and O–H groups in total. The number of hydrogen-bond donors (Lipinski definition) is 0. The van der Waals surface area contributed by atoms with Crippen LogP contribution in [0.5, 0.6) is 0 Å². The van der Waals surface area contributed by atoms with E-state index in [4.69, 9.17) is 4.74 Å². The van der Waals surface area contributed by atoms with Crippen molar-refractivity contribution in [1.29, 1.82) is 0 Å². The van der Waals surface area contributed by atoms with Gasteiger partial charge >= 0.3 is 0 Å². The van der Waals surface area contributed by atoms with Crippen LogP contribution in [0.1, 0.15) is 81.1 Å². The lowest BCUT2D eigenvalue weighted by Gasteiger charge is -2.52. The summed E-state index contributed by atoms with van der Waals surface area (Å²) in [7, 11) is 0. The van der Waals surface area contributed by atoms with Crippen LogP contribution in [0.25, 0.3) is 0 Å². The minimum Gasteiger partial charge on any atom is -0.467 e. The van der Waals surface area contributed by atoms with Gasteiger partial charge in [-0.3, -0.25) is 4.79 Å². The van der Waals surface area contributed by atoms with Crippen molar-refractivity contribution < 1.29 is 9.53 Å². The molecule has 0 heterocycles. The number of carbonyl (C=O) groups excluding carboxylic acids is 1. The number of ketones is 1. The first-order valence-corrected chi connectivity index (χ1v) is 10.1. The molecule has 2 nitrogen and oxygen atoms in total. The summed E-state index contributed by atoms with van der Waals surface area (Å²) in [4.78, 5) is 13.2. The molecule has 1 aliphatic carbocycles. The molecule has 2 heteroatoms. The molecule has 1 rings (SSSR count). The van der Waals surface area contributed by atoms with Crippen molar-refractivity contribution in [3.63, 3.8) is 0 Å². The zero-order valence-corrected chi connectivity index (χ0v) is 18.4. The van der Waals surface area contributed by atoms with E-state index in [2.05, 4.69) is 47.8 Å². The molecule has 0 saturated heterocycles. The molecule has 0 aromatic rings. The van der Waals surface area contributed by atoms with Gasteiger partial charge in [0.1, 0.15) is 5.76 Å². The highest BCUT2D eigenvalue weighted by Gasteiger charge is 2.52. The Morgan fingerprint density at radius 3 is 2.19 bits per heavy atom. The highest BCUT2D eigenvalue weighted by molar-refractivity contribution is 5.92. The zero-order chi connectivity index (χ0) is 20.3. The minimum atomic E-state index is -0.172. The Labute approximate surface area is 161 Å². The van der Waals surface area contributed by atoms with Crippen molar-refractivity contribution in [2.45, 2.75) is 81.1 Å². The summed E-state index contributed by atoms with van der Waals surface area (Å²) in [6.07, 6.45) is 5.92. The molecule has 0 radical (unpaired) electrons. The third-order valence-electron chi connectivity index (χ3n) is 6.13. The van der Waals surface area contributed by atoms with Crippen molar-refractivity contribution in [3.8, 4) is 0 Å². The molecule has 0 amide bonds. The van der Waals surface area contributed by atoms with E-state index in [0.29, 0.717) is 5.76 Å². The molecule has 0 aromatic carbocycles. The lowest BCUT2D eigenvalue weighted by molar-refractivity contribution is -0.127. The van der Waals surface area contributed by atoms with Crippen molar-refractivity contribution in [1.82, 2.24) is 0 Å². The highest BCUT2D eigenvalue weighted by Crippen LogP contribution is 2.58. The molecular formula is C24H40O2. The average Bonchev–Trinajstić information content (AvgIpc) is 2.45. The fourth-order valence-corrected chi connectivity index (χ4v) is 4.78. The van der Waals surface area contributed by atoms with E-state index >= 15 is 0 Å². The van der Waals surface area contributed by atoms with Crippen LogP contribution in [0.15, 0.2) is 36.3 Å². The van der Waals surface area contributed by atoms with Gasteiger partial charge in [0.15, 0.2) is 5.78 Å². The van der Waals surface area contributed by atoms with Gasteiger partial charge in [-0.25, -0.2) is 0 Å². The van der Waals surface area contributed by atoms with Gasteiger partial charge in [0.25, 0.3) is 0 Å². The van der Waals surface area contributed by atoms with Crippen LogP contribution in [0.4, 0.5) is 0 Å². The summed E-state index contributed by atoms with van der Waals surface area (Å²) >= 11 is 0. The molecule has 1 aliphatic rings. The van der Waals surface area contributed by atoms with E-state index in [1.807, 2.05) is 26.8 Å². The molecule has 0 aromatic heterocycles. The van der Waals surface area contributed by atoms with Gasteiger partial charge in [-0.15, -0.1) is 0 Å². The SMILES string of the molecule is C=C(C)OC(=C)C1(CC)CCC(C)(C)CC1C(C(=O)C=C(C)C)C(C)C. The smallest absolute Gasteiger partial charge is 0.159 e. The Morgan fingerprint density at radius 2 is 1.77 bits per heavy atom. The average molecular weight is 361 g/mol. The fourth-order valence-electron chi connectivity index (χ4n) is 4.78. The molecule has 0 aliphatic heterocycles. The van der Waals surface area contributed by atoms with Gasteiger partial charge in [-0.05, 0) is 69.8 Å². The molecule has 1 saturated carbocycles. The van der Waals surface area contributed by atoms with Crippen LogP contribution in [0.3, 0.4) is 0 Å². The van der Waals surface area contributed by atoms with Crippen LogP contribution >= 0.6 is 0 Å². The summed E-state index contributed by atoms with van der Waals surface area (Å²) in [6, 6.07) is 0. The van der Waals surface area contributed by atoms with E-state index in [0.717, 1.165) is 37.0 Å². The quantitative estimate of drug-likeness (QED) is 0.341. The largest absolute Gasteiger partial charge is 0.467 e. The van der Waals surface area contributed by atoms with Gasteiger partial charge in [0.05, 0.1) is 5.76 Å². The lowest BCUT2D eigenvalue weighted by atomic mass is 9.52. The molecule has 26 heavy (non-hydrogen) atoms. The number of hydrogen-bond acceptors (Lipinski definition) is 2. The van der Waals surface area contributed by atoms with Gasteiger partial charge < -0.3 is 4.74 Å². The monoisotopic (exact) mass is 360 g/mol. The molecular weight excluding hydrogens is 320 g/mol. The predicted molar refractivity (Wildman–Crippen MR) is 112 cm³/mol. The van der Waals surface area contributed by atoms with Crippen molar-refractivity contribution in [3.05, 3.63) is 36.3 Å². The van der Waals surface area contributed by atoms with Gasteiger partial charge in [0, 0.05) is 11.3 Å². The van der Waals surface area contributed by atoms with Crippen LogP contribution < -0.4 is 0 Å². The minimum absolute atomic E-state index is 0.0186. The molecule has 3 atom stereocenters. The third kappa shape index (κ3) is 5.11. The first-order chi connectivity index (χ1) is 11.9. The maximum Gasteiger partial charge on any atom is 0.159 e. The maximum atomic E-state index is 13.2. The van der Waals surface area contributed by atoms with Gasteiger partial charge in [-0.1, -0.05) is 53.3 Å². The second kappa shape index (κ2) is 8.59. The molecule has 1 fully saturated rings. The Balaban J connectivity index is 3.46. The number of carbonyl (C=O) groups is 1. The second-order valence-corrected chi connectivity index (χ2v) is 9.61. The first kappa shape index (κ1) is 22.7. The highest BCUT2D eigenvalue weighted by atomic mass is 16.5. The van der Waals surface area contributed by atoms with Gasteiger partial charge in [0.2, 0.25) is 0 Å². The summed E-state index contributed by atoms with van der Waals surface area (Å²) in [5, 5.41) is 0. The topological polar surface area (TPSA) is 26.3 Å². The Bertz CT molecular complexity index is 575. The van der Waals surface area contributed by atoms with Crippen LogP contribution in [0, 0.1) is 28.6 Å². The van der Waals surface area contributed by atoms with Crippen molar-refractivity contribution in [2.24, 2.45) is 28.6 Å². The second-order valence-electron chi connectivity index (χ2n) is 9.61. The molecule has 148 valence electrons. The normalized spacial score (nSPS) is 26.1. The predicted octanol–water partition coefficient (Wildman–Crippen LogP) is 7.08. The van der Waals surface area contributed by atoms with Crippen molar-refractivity contribution in [2.75, 3.05) is 0 Å². The molecule has 0 spiro atoms. The Kier molecular flexibility index (Phi) is 7.51. The van der Waals surface area contributed by atoms with Crippen LogP contribution in [-0.2, 0) is 9.53 Å². The molecule has 0 bridgehead atoms. The van der Waals surface area contributed by atoms with Crippen LogP contribution in [-0.4, -0.2) is 5.78 Å². The molecule has 3 unspecified atom stereocenters. The number of ether oxygens (including phenoxy) is 1. The lowest BCUT2D eigenvalue weighted by Crippen LogP contribution is -2.47. The zero-order valence-electron chi connectivity index (χ0n) is 18.4. The van der Waals surface area contributed by atoms with Crippen LogP contribution in [0.2, 0.25) is 0 Å². The summed E-state index contributed by atoms with van der Waals surface area (Å²) in [6.45, 7) is 25.3. The van der Waals surface area contributed by atoms with E-state index in [9.17, 15) is 4.79 Å². The van der Waals surface area contributed by atoms with E-state index in [1.54, 1.807) is 0 Å². The third-order valence-corrected chi connectivity index (χ3v) is 6.13. The Hall–Kier alpha value is -1.31. The van der Waals surface area contributed by atoms with Crippen molar-refractivity contribution >= 4 is 5.78 Å². The van der Waals surface area contributed by atoms with Gasteiger partial charge in [-0.2, -0.15) is 0 Å².